The van der Waals surface area contributed by atoms with Crippen LogP contribution in [0.2, 0.25) is 0 Å². The number of nitrogen functional groups attached to an aromatic ring is 1. The topological polar surface area (TPSA) is 57.0 Å². The van der Waals surface area contributed by atoms with E-state index in [-0.39, 0.29) is 0 Å². The second kappa shape index (κ2) is 10.5. The highest BCUT2D eigenvalue weighted by Crippen LogP contribution is 2.21. The Balaban J connectivity index is 2.18. The van der Waals surface area contributed by atoms with Crippen LogP contribution in [0.25, 0.3) is 0 Å². The molecule has 0 atom stereocenters. The molecule has 0 heterocycles. The van der Waals surface area contributed by atoms with Crippen molar-refractivity contribution in [1.82, 2.24) is 0 Å². The van der Waals surface area contributed by atoms with E-state index in [0.717, 1.165) is 24.5 Å². The molecule has 0 fully saturated rings. The molecule has 0 radical (unpaired) electrons. The summed E-state index contributed by atoms with van der Waals surface area (Å²) in [6.45, 7) is 6.94. The number of rotatable bonds is 11. The van der Waals surface area contributed by atoms with Gasteiger partial charge in [-0.25, -0.2) is 0 Å². The fourth-order valence-electron chi connectivity index (χ4n) is 1.86. The highest BCUT2D eigenvalue weighted by Gasteiger charge is 2.06. The van der Waals surface area contributed by atoms with E-state index in [1.807, 2.05) is 24.3 Å². The number of anilines is 2. The summed E-state index contributed by atoms with van der Waals surface area (Å²) in [5.74, 6) is 0. The summed E-state index contributed by atoms with van der Waals surface area (Å²) in [4.78, 5) is 2.21. The molecule has 114 valence electrons. The molecule has 0 amide bonds. The van der Waals surface area contributed by atoms with E-state index in [1.54, 1.807) is 7.11 Å². The predicted molar refractivity (Wildman–Crippen MR) is 82.3 cm³/mol. The monoisotopic (exact) mass is 282 g/mol. The lowest BCUT2D eigenvalue weighted by Crippen LogP contribution is -2.28. The second-order valence-electron chi connectivity index (χ2n) is 4.36. The summed E-state index contributed by atoms with van der Waals surface area (Å²) in [6, 6.07) is 7.90. The van der Waals surface area contributed by atoms with Gasteiger partial charge >= 0.3 is 0 Å². The van der Waals surface area contributed by atoms with E-state index in [9.17, 15) is 0 Å². The summed E-state index contributed by atoms with van der Waals surface area (Å²) in [5.41, 5.74) is 7.85. The van der Waals surface area contributed by atoms with Gasteiger partial charge in [0.25, 0.3) is 0 Å². The van der Waals surface area contributed by atoms with Gasteiger partial charge in [0.05, 0.1) is 44.4 Å². The quantitative estimate of drug-likeness (QED) is 0.495. The van der Waals surface area contributed by atoms with Crippen molar-refractivity contribution in [3.05, 3.63) is 24.3 Å². The first-order chi connectivity index (χ1) is 9.79. The normalized spacial score (nSPS) is 10.7. The number of nitrogens with zero attached hydrogens (tertiary/aromatic N) is 1. The van der Waals surface area contributed by atoms with E-state index in [1.165, 1.54) is 0 Å². The van der Waals surface area contributed by atoms with Crippen LogP contribution < -0.4 is 10.6 Å². The van der Waals surface area contributed by atoms with Gasteiger partial charge in [0.1, 0.15) is 0 Å². The third-order valence-corrected chi connectivity index (χ3v) is 2.97. The summed E-state index contributed by atoms with van der Waals surface area (Å²) < 4.78 is 15.8. The van der Waals surface area contributed by atoms with Gasteiger partial charge in [0, 0.05) is 20.2 Å². The van der Waals surface area contributed by atoms with Crippen molar-refractivity contribution in [3.8, 4) is 0 Å². The zero-order valence-corrected chi connectivity index (χ0v) is 12.5. The molecule has 0 saturated carbocycles. The summed E-state index contributed by atoms with van der Waals surface area (Å²) in [7, 11) is 1.66. The van der Waals surface area contributed by atoms with E-state index >= 15 is 0 Å². The van der Waals surface area contributed by atoms with Crippen LogP contribution in [-0.4, -0.2) is 53.2 Å². The van der Waals surface area contributed by atoms with Crippen molar-refractivity contribution >= 4 is 11.4 Å². The highest BCUT2D eigenvalue weighted by molar-refractivity contribution is 5.67. The minimum Gasteiger partial charge on any atom is -0.397 e. The number of hydrogen-bond donors (Lipinski definition) is 1. The molecule has 0 saturated heterocycles. The SMILES string of the molecule is CCN(CCOCCOCCOC)c1ccccc1N. The Bertz CT molecular complexity index is 361. The number of likely N-dealkylation sites (N-methyl/N-ethyl adjacent to an activating group) is 1. The maximum absolute atomic E-state index is 5.98. The average Bonchev–Trinajstić information content (AvgIpc) is 2.47. The molecule has 0 bridgehead atoms. The van der Waals surface area contributed by atoms with Crippen molar-refractivity contribution in [2.75, 3.05) is 63.9 Å². The molecule has 2 N–H and O–H groups in total. The first-order valence-electron chi connectivity index (χ1n) is 7.03. The Labute approximate surface area is 121 Å². The molecule has 0 aliphatic heterocycles. The van der Waals surface area contributed by atoms with Gasteiger partial charge in [0.15, 0.2) is 0 Å². The lowest BCUT2D eigenvalue weighted by atomic mass is 10.2. The van der Waals surface area contributed by atoms with Crippen LogP contribution in [0.3, 0.4) is 0 Å². The molecular weight excluding hydrogens is 256 g/mol. The maximum Gasteiger partial charge on any atom is 0.0701 e. The molecule has 1 rings (SSSR count). The molecule has 0 spiro atoms. The van der Waals surface area contributed by atoms with Gasteiger partial charge in [-0.05, 0) is 19.1 Å². The fourth-order valence-corrected chi connectivity index (χ4v) is 1.86. The molecule has 5 heteroatoms. The van der Waals surface area contributed by atoms with Crippen molar-refractivity contribution in [3.63, 3.8) is 0 Å². The van der Waals surface area contributed by atoms with E-state index < -0.39 is 0 Å². The van der Waals surface area contributed by atoms with Crippen LogP contribution in [0.4, 0.5) is 11.4 Å². The number of methoxy groups -OCH3 is 1. The average molecular weight is 282 g/mol. The third kappa shape index (κ3) is 6.23. The summed E-state index contributed by atoms with van der Waals surface area (Å²) in [5, 5.41) is 0. The number of para-hydroxylation sites is 2. The van der Waals surface area contributed by atoms with Gasteiger partial charge < -0.3 is 24.8 Å². The van der Waals surface area contributed by atoms with Gasteiger partial charge in [0.2, 0.25) is 0 Å². The van der Waals surface area contributed by atoms with Crippen molar-refractivity contribution in [2.45, 2.75) is 6.92 Å². The van der Waals surface area contributed by atoms with Crippen LogP contribution in [0, 0.1) is 0 Å². The first kappa shape index (κ1) is 16.8. The highest BCUT2D eigenvalue weighted by atomic mass is 16.5. The lowest BCUT2D eigenvalue weighted by Gasteiger charge is -2.24. The van der Waals surface area contributed by atoms with Crippen molar-refractivity contribution < 1.29 is 14.2 Å². The lowest BCUT2D eigenvalue weighted by molar-refractivity contribution is 0.0265. The molecule has 1 aromatic carbocycles. The third-order valence-electron chi connectivity index (χ3n) is 2.97. The number of benzene rings is 1. The Morgan fingerprint density at radius 2 is 1.65 bits per heavy atom. The molecule has 1 aromatic rings. The van der Waals surface area contributed by atoms with Crippen LogP contribution in [0.5, 0.6) is 0 Å². The van der Waals surface area contributed by atoms with Crippen LogP contribution in [-0.2, 0) is 14.2 Å². The fraction of sp³-hybridized carbons (Fsp3) is 0.600. The molecule has 0 aliphatic carbocycles. The van der Waals surface area contributed by atoms with Gasteiger partial charge in [-0.1, -0.05) is 12.1 Å². The van der Waals surface area contributed by atoms with Crippen molar-refractivity contribution in [2.24, 2.45) is 0 Å². The second-order valence-corrected chi connectivity index (χ2v) is 4.36. The zero-order valence-electron chi connectivity index (χ0n) is 12.5. The van der Waals surface area contributed by atoms with Crippen LogP contribution in [0.15, 0.2) is 24.3 Å². The van der Waals surface area contributed by atoms with Crippen molar-refractivity contribution in [1.29, 1.82) is 0 Å². The molecule has 20 heavy (non-hydrogen) atoms. The van der Waals surface area contributed by atoms with E-state index in [4.69, 9.17) is 19.9 Å². The number of nitrogens with two attached hydrogens (primary N) is 1. The number of hydrogen-bond acceptors (Lipinski definition) is 5. The minimum absolute atomic E-state index is 0.600. The van der Waals surface area contributed by atoms with Gasteiger partial charge in [-0.2, -0.15) is 0 Å². The zero-order chi connectivity index (χ0) is 14.6. The molecule has 0 unspecified atom stereocenters. The minimum atomic E-state index is 0.600. The standard InChI is InChI=1S/C15H26N2O3/c1-3-17(15-7-5-4-6-14(15)16)8-9-19-12-13-20-11-10-18-2/h4-7H,3,8-13,16H2,1-2H3. The predicted octanol–water partition coefficient (Wildman–Crippen LogP) is 1.77. The number of ether oxygens (including phenoxy) is 3. The Hall–Kier alpha value is -1.30. The smallest absolute Gasteiger partial charge is 0.0701 e. The largest absolute Gasteiger partial charge is 0.397 e. The van der Waals surface area contributed by atoms with E-state index in [2.05, 4.69) is 11.8 Å². The molecule has 0 aromatic heterocycles. The molecular formula is C15H26N2O3. The Morgan fingerprint density at radius 3 is 2.30 bits per heavy atom. The first-order valence-corrected chi connectivity index (χ1v) is 7.03. The van der Waals surface area contributed by atoms with Crippen LogP contribution >= 0.6 is 0 Å². The Morgan fingerprint density at radius 1 is 1.00 bits per heavy atom. The maximum atomic E-state index is 5.98. The summed E-state index contributed by atoms with van der Waals surface area (Å²) in [6.07, 6.45) is 0. The van der Waals surface area contributed by atoms with Gasteiger partial charge in [-0.15, -0.1) is 0 Å². The molecule has 5 nitrogen and oxygen atoms in total. The van der Waals surface area contributed by atoms with Crippen LogP contribution in [0.1, 0.15) is 6.92 Å². The van der Waals surface area contributed by atoms with E-state index in [0.29, 0.717) is 33.0 Å². The molecule has 0 aliphatic rings. The van der Waals surface area contributed by atoms with Gasteiger partial charge in [-0.3, -0.25) is 0 Å². The summed E-state index contributed by atoms with van der Waals surface area (Å²) >= 11 is 0. The Kier molecular flexibility index (Phi) is 8.78.